The maximum atomic E-state index is 9.45. The van der Waals surface area contributed by atoms with E-state index in [-0.39, 0.29) is 6.61 Å². The second kappa shape index (κ2) is 5.82. The number of benzene rings is 1. The van der Waals surface area contributed by atoms with Crippen LogP contribution in [0.25, 0.3) is 0 Å². The first-order chi connectivity index (χ1) is 11.2. The topological polar surface area (TPSA) is 41.9 Å². The van der Waals surface area contributed by atoms with Gasteiger partial charge in [-0.05, 0) is 36.6 Å². The summed E-state index contributed by atoms with van der Waals surface area (Å²) in [5, 5.41) is 9.45. The molecule has 1 unspecified atom stereocenters. The maximum Gasteiger partial charge on any atom is 0.123 e. The summed E-state index contributed by atoms with van der Waals surface area (Å²) in [7, 11) is 3.46. The number of rotatable bonds is 3. The third-order valence-corrected chi connectivity index (χ3v) is 6.21. The lowest BCUT2D eigenvalue weighted by atomic mass is 9.86. The van der Waals surface area contributed by atoms with Crippen LogP contribution in [0.15, 0.2) is 18.2 Å². The molecule has 1 aromatic heterocycles. The number of aliphatic hydroxyl groups is 1. The Morgan fingerprint density at radius 2 is 1.96 bits per heavy atom. The Morgan fingerprint density at radius 3 is 2.65 bits per heavy atom. The molecule has 1 aromatic carbocycles. The molecule has 0 radical (unpaired) electrons. The zero-order valence-electron chi connectivity index (χ0n) is 13.5. The molecule has 4 rings (SSSR count). The Hall–Kier alpha value is -1.56. The summed E-state index contributed by atoms with van der Waals surface area (Å²) in [5.74, 6) is 1.90. The van der Waals surface area contributed by atoms with E-state index in [0.29, 0.717) is 6.04 Å². The average Bonchev–Trinajstić information content (AvgIpc) is 3.03. The van der Waals surface area contributed by atoms with Gasteiger partial charge >= 0.3 is 0 Å². The van der Waals surface area contributed by atoms with Gasteiger partial charge in [0, 0.05) is 40.0 Å². The van der Waals surface area contributed by atoms with Crippen molar-refractivity contribution in [3.63, 3.8) is 0 Å². The van der Waals surface area contributed by atoms with Gasteiger partial charge < -0.3 is 14.6 Å². The summed E-state index contributed by atoms with van der Waals surface area (Å²) in [5.41, 5.74) is 3.91. The Kier molecular flexibility index (Phi) is 3.79. The number of methoxy groups -OCH3 is 2. The average molecular weight is 331 g/mol. The largest absolute Gasteiger partial charge is 0.496 e. The molecule has 5 heteroatoms. The fraction of sp³-hybridized carbons (Fsp3) is 0.444. The summed E-state index contributed by atoms with van der Waals surface area (Å²) in [6.45, 7) is 2.09. The monoisotopic (exact) mass is 331 g/mol. The highest BCUT2D eigenvalue weighted by Crippen LogP contribution is 2.45. The summed E-state index contributed by atoms with van der Waals surface area (Å²) < 4.78 is 11.2. The van der Waals surface area contributed by atoms with E-state index in [0.717, 1.165) is 42.3 Å². The first kappa shape index (κ1) is 15.0. The van der Waals surface area contributed by atoms with Crippen molar-refractivity contribution in [3.8, 4) is 11.5 Å². The van der Waals surface area contributed by atoms with Crippen molar-refractivity contribution in [2.45, 2.75) is 32.0 Å². The molecule has 1 N–H and O–H groups in total. The normalized spacial score (nSPS) is 19.7. The predicted octanol–water partition coefficient (Wildman–Crippen LogP) is 2.91. The molecule has 0 saturated carbocycles. The number of hydrogen-bond donors (Lipinski definition) is 1. The Balaban J connectivity index is 1.78. The van der Waals surface area contributed by atoms with Crippen LogP contribution in [0.5, 0.6) is 11.5 Å². The molecule has 2 aliphatic rings. The van der Waals surface area contributed by atoms with E-state index in [2.05, 4.69) is 11.0 Å². The molecule has 0 bridgehead atoms. The van der Waals surface area contributed by atoms with E-state index in [4.69, 9.17) is 9.47 Å². The van der Waals surface area contributed by atoms with E-state index in [9.17, 15) is 5.11 Å². The van der Waals surface area contributed by atoms with Crippen LogP contribution in [0.2, 0.25) is 0 Å². The van der Waals surface area contributed by atoms with Crippen molar-refractivity contribution < 1.29 is 14.6 Å². The summed E-state index contributed by atoms with van der Waals surface area (Å²) in [4.78, 5) is 5.03. The van der Waals surface area contributed by atoms with Crippen LogP contribution in [0.3, 0.4) is 0 Å². The second-order valence-corrected chi connectivity index (χ2v) is 7.34. The molecule has 2 aliphatic heterocycles. The van der Waals surface area contributed by atoms with Gasteiger partial charge in [-0.2, -0.15) is 0 Å². The molecule has 4 nitrogen and oxygen atoms in total. The number of ether oxygens (including phenoxy) is 2. The van der Waals surface area contributed by atoms with E-state index >= 15 is 0 Å². The minimum atomic E-state index is 0.137. The Labute approximate surface area is 140 Å². The molecule has 2 aromatic rings. The van der Waals surface area contributed by atoms with Crippen LogP contribution in [-0.4, -0.2) is 30.8 Å². The molecular formula is C18H21NO3S. The van der Waals surface area contributed by atoms with Gasteiger partial charge in [-0.1, -0.05) is 0 Å². The van der Waals surface area contributed by atoms with Crippen molar-refractivity contribution in [2.24, 2.45) is 0 Å². The lowest BCUT2D eigenvalue weighted by molar-refractivity contribution is 0.158. The molecule has 1 atom stereocenters. The molecule has 3 heterocycles. The zero-order valence-corrected chi connectivity index (χ0v) is 14.3. The van der Waals surface area contributed by atoms with Crippen molar-refractivity contribution >= 4 is 11.3 Å². The van der Waals surface area contributed by atoms with E-state index in [1.54, 1.807) is 25.6 Å². The van der Waals surface area contributed by atoms with Gasteiger partial charge in [-0.3, -0.25) is 4.90 Å². The van der Waals surface area contributed by atoms with Crippen LogP contribution in [0.1, 0.15) is 32.5 Å². The van der Waals surface area contributed by atoms with Crippen molar-refractivity contribution in [1.82, 2.24) is 4.90 Å². The smallest absolute Gasteiger partial charge is 0.123 e. The fourth-order valence-electron chi connectivity index (χ4n) is 3.91. The predicted molar refractivity (Wildman–Crippen MR) is 90.3 cm³/mol. The highest BCUT2D eigenvalue weighted by Gasteiger charge is 2.35. The molecule has 23 heavy (non-hydrogen) atoms. The van der Waals surface area contributed by atoms with Crippen molar-refractivity contribution in [2.75, 3.05) is 20.8 Å². The molecule has 0 fully saturated rings. The molecule has 0 aliphatic carbocycles. The molecular weight excluding hydrogens is 310 g/mol. The number of thiophene rings is 1. The minimum absolute atomic E-state index is 0.137. The van der Waals surface area contributed by atoms with Crippen LogP contribution >= 0.6 is 11.3 Å². The first-order valence-electron chi connectivity index (χ1n) is 7.94. The summed E-state index contributed by atoms with van der Waals surface area (Å²) in [6, 6.07) is 6.57. The third kappa shape index (κ3) is 2.35. The fourth-order valence-corrected chi connectivity index (χ4v) is 4.98. The van der Waals surface area contributed by atoms with Crippen molar-refractivity contribution in [1.29, 1.82) is 0 Å². The van der Waals surface area contributed by atoms with Gasteiger partial charge in [-0.25, -0.2) is 0 Å². The standard InChI is InChI=1S/C18H21NO3S/c1-21-16-3-4-17(22-2)14-9-19-6-5-18-13(7-11(10-20)23-18)15(19)8-12(14)16/h3-4,7,15,20H,5-6,8-10H2,1-2H3. The molecule has 122 valence electrons. The molecule has 0 spiro atoms. The van der Waals surface area contributed by atoms with E-state index in [1.165, 1.54) is 21.6 Å². The summed E-state index contributed by atoms with van der Waals surface area (Å²) >= 11 is 1.76. The van der Waals surface area contributed by atoms with Gasteiger partial charge in [-0.15, -0.1) is 11.3 Å². The van der Waals surface area contributed by atoms with Gasteiger partial charge in [0.15, 0.2) is 0 Å². The van der Waals surface area contributed by atoms with Crippen LogP contribution in [0, 0.1) is 0 Å². The van der Waals surface area contributed by atoms with Gasteiger partial charge in [0.25, 0.3) is 0 Å². The molecule has 0 amide bonds. The molecule has 0 saturated heterocycles. The number of aliphatic hydroxyl groups excluding tert-OH is 1. The van der Waals surface area contributed by atoms with Crippen molar-refractivity contribution in [3.05, 3.63) is 44.6 Å². The lowest BCUT2D eigenvalue weighted by Gasteiger charge is -2.41. The zero-order chi connectivity index (χ0) is 16.0. The minimum Gasteiger partial charge on any atom is -0.496 e. The highest BCUT2D eigenvalue weighted by molar-refractivity contribution is 7.12. The summed E-state index contributed by atoms with van der Waals surface area (Å²) in [6.07, 6.45) is 2.00. The van der Waals surface area contributed by atoms with Crippen LogP contribution in [-0.2, 0) is 26.0 Å². The Bertz CT molecular complexity index is 740. The number of fused-ring (bicyclic) bond motifs is 4. The van der Waals surface area contributed by atoms with Crippen LogP contribution in [0.4, 0.5) is 0 Å². The van der Waals surface area contributed by atoms with Gasteiger partial charge in [0.1, 0.15) is 11.5 Å². The third-order valence-electron chi connectivity index (χ3n) is 5.02. The first-order valence-corrected chi connectivity index (χ1v) is 8.76. The second-order valence-electron chi connectivity index (χ2n) is 6.12. The SMILES string of the molecule is COc1ccc(OC)c2c1CC1c3cc(CO)sc3CCN1C2. The van der Waals surface area contributed by atoms with E-state index in [1.807, 2.05) is 12.1 Å². The number of nitrogens with zero attached hydrogens (tertiary/aromatic N) is 1. The quantitative estimate of drug-likeness (QED) is 0.939. The number of hydrogen-bond acceptors (Lipinski definition) is 5. The Morgan fingerprint density at radius 1 is 1.22 bits per heavy atom. The lowest BCUT2D eigenvalue weighted by Crippen LogP contribution is -2.39. The van der Waals surface area contributed by atoms with Crippen LogP contribution < -0.4 is 9.47 Å². The van der Waals surface area contributed by atoms with Gasteiger partial charge in [0.05, 0.1) is 20.8 Å². The van der Waals surface area contributed by atoms with Gasteiger partial charge in [0.2, 0.25) is 0 Å². The maximum absolute atomic E-state index is 9.45. The highest BCUT2D eigenvalue weighted by atomic mass is 32.1. The van der Waals surface area contributed by atoms with E-state index < -0.39 is 0 Å².